The maximum atomic E-state index is 4.67. The van der Waals surface area contributed by atoms with Crippen molar-refractivity contribution in [3.63, 3.8) is 0 Å². The van der Waals surface area contributed by atoms with Gasteiger partial charge in [0.05, 0.1) is 0 Å². The van der Waals surface area contributed by atoms with Crippen LogP contribution in [0.4, 0.5) is 11.6 Å². The lowest BCUT2D eigenvalue weighted by atomic mass is 10.3. The first-order valence-electron chi connectivity index (χ1n) is 7.52. The van der Waals surface area contributed by atoms with Crippen LogP contribution in [0.15, 0.2) is 18.2 Å². The van der Waals surface area contributed by atoms with Crippen molar-refractivity contribution in [1.82, 2.24) is 14.8 Å². The molecule has 5 nitrogen and oxygen atoms in total. The zero-order valence-electron chi connectivity index (χ0n) is 13.0. The second kappa shape index (κ2) is 7.45. The Morgan fingerprint density at radius 1 is 1.20 bits per heavy atom. The number of nitrogens with one attached hydrogen (secondary N) is 1. The average Bonchev–Trinajstić information content (AvgIpc) is 2.46. The quantitative estimate of drug-likeness (QED) is 0.845. The molecule has 0 spiro atoms. The number of piperazine rings is 1. The molecule has 1 aromatic rings. The fourth-order valence-corrected chi connectivity index (χ4v) is 2.42. The molecule has 1 aromatic heterocycles. The molecular weight excluding hydrogens is 250 g/mol. The van der Waals surface area contributed by atoms with Gasteiger partial charge in [0.1, 0.15) is 11.6 Å². The molecule has 0 aliphatic carbocycles. The van der Waals surface area contributed by atoms with Crippen LogP contribution in [-0.2, 0) is 0 Å². The number of anilines is 2. The van der Waals surface area contributed by atoms with Gasteiger partial charge >= 0.3 is 0 Å². The SMILES string of the molecule is CCNc1cccc(N2CCN(CCN(C)C)CC2)n1. The van der Waals surface area contributed by atoms with Crippen molar-refractivity contribution >= 4 is 11.6 Å². The van der Waals surface area contributed by atoms with Gasteiger partial charge in [0.25, 0.3) is 0 Å². The molecule has 0 atom stereocenters. The van der Waals surface area contributed by atoms with Crippen LogP contribution in [0.25, 0.3) is 0 Å². The lowest BCUT2D eigenvalue weighted by Crippen LogP contribution is -2.48. The summed E-state index contributed by atoms with van der Waals surface area (Å²) in [5.41, 5.74) is 0. The number of likely N-dealkylation sites (N-methyl/N-ethyl adjacent to an activating group) is 1. The summed E-state index contributed by atoms with van der Waals surface area (Å²) < 4.78 is 0. The number of aromatic nitrogens is 1. The van der Waals surface area contributed by atoms with Gasteiger partial charge in [-0.25, -0.2) is 4.98 Å². The smallest absolute Gasteiger partial charge is 0.131 e. The van der Waals surface area contributed by atoms with E-state index in [9.17, 15) is 0 Å². The molecule has 2 rings (SSSR count). The Labute approximate surface area is 122 Å². The first-order chi connectivity index (χ1) is 9.69. The van der Waals surface area contributed by atoms with E-state index in [0.717, 1.165) is 57.4 Å². The summed E-state index contributed by atoms with van der Waals surface area (Å²) in [4.78, 5) is 11.8. The van der Waals surface area contributed by atoms with E-state index in [1.54, 1.807) is 0 Å². The minimum Gasteiger partial charge on any atom is -0.370 e. The molecule has 0 bridgehead atoms. The Balaban J connectivity index is 1.85. The van der Waals surface area contributed by atoms with Crippen molar-refractivity contribution in [2.75, 3.05) is 70.1 Å². The predicted molar refractivity (Wildman–Crippen MR) is 85.6 cm³/mol. The number of hydrogen-bond acceptors (Lipinski definition) is 5. The van der Waals surface area contributed by atoms with Crippen LogP contribution < -0.4 is 10.2 Å². The summed E-state index contributed by atoms with van der Waals surface area (Å²) in [7, 11) is 4.26. The number of hydrogen-bond donors (Lipinski definition) is 1. The number of nitrogens with zero attached hydrogens (tertiary/aromatic N) is 4. The molecule has 20 heavy (non-hydrogen) atoms. The fourth-order valence-electron chi connectivity index (χ4n) is 2.42. The zero-order valence-corrected chi connectivity index (χ0v) is 13.0. The van der Waals surface area contributed by atoms with E-state index in [0.29, 0.717) is 0 Å². The van der Waals surface area contributed by atoms with E-state index in [2.05, 4.69) is 58.2 Å². The second-order valence-corrected chi connectivity index (χ2v) is 5.54. The van der Waals surface area contributed by atoms with Gasteiger partial charge in [-0.05, 0) is 33.2 Å². The summed E-state index contributed by atoms with van der Waals surface area (Å²) in [6.45, 7) is 9.68. The Morgan fingerprint density at radius 2 is 1.95 bits per heavy atom. The molecule has 1 saturated heterocycles. The highest BCUT2D eigenvalue weighted by Crippen LogP contribution is 2.16. The molecule has 5 heteroatoms. The van der Waals surface area contributed by atoms with Gasteiger partial charge in [-0.3, -0.25) is 4.90 Å². The Morgan fingerprint density at radius 3 is 2.60 bits per heavy atom. The van der Waals surface area contributed by atoms with Gasteiger partial charge in [-0.2, -0.15) is 0 Å². The van der Waals surface area contributed by atoms with E-state index in [4.69, 9.17) is 0 Å². The monoisotopic (exact) mass is 277 g/mol. The maximum Gasteiger partial charge on any atom is 0.131 e. The minimum atomic E-state index is 0.911. The van der Waals surface area contributed by atoms with Crippen molar-refractivity contribution in [3.05, 3.63) is 18.2 Å². The van der Waals surface area contributed by atoms with E-state index in [-0.39, 0.29) is 0 Å². The van der Waals surface area contributed by atoms with E-state index in [1.165, 1.54) is 0 Å². The van der Waals surface area contributed by atoms with Crippen molar-refractivity contribution in [3.8, 4) is 0 Å². The zero-order chi connectivity index (χ0) is 14.4. The lowest BCUT2D eigenvalue weighted by Gasteiger charge is -2.35. The Bertz CT molecular complexity index is 399. The van der Waals surface area contributed by atoms with Crippen LogP contribution in [0.1, 0.15) is 6.92 Å². The van der Waals surface area contributed by atoms with Crippen molar-refractivity contribution in [2.45, 2.75) is 6.92 Å². The van der Waals surface area contributed by atoms with Gasteiger partial charge in [0.2, 0.25) is 0 Å². The molecule has 0 unspecified atom stereocenters. The minimum absolute atomic E-state index is 0.911. The van der Waals surface area contributed by atoms with Crippen LogP contribution in [0, 0.1) is 0 Å². The van der Waals surface area contributed by atoms with Crippen molar-refractivity contribution in [2.24, 2.45) is 0 Å². The fraction of sp³-hybridized carbons (Fsp3) is 0.667. The first kappa shape index (κ1) is 15.1. The third kappa shape index (κ3) is 4.35. The molecule has 0 radical (unpaired) electrons. The third-order valence-corrected chi connectivity index (χ3v) is 3.65. The van der Waals surface area contributed by atoms with Crippen LogP contribution in [0.5, 0.6) is 0 Å². The third-order valence-electron chi connectivity index (χ3n) is 3.65. The molecule has 0 aromatic carbocycles. The van der Waals surface area contributed by atoms with Crippen molar-refractivity contribution < 1.29 is 0 Å². The highest BCUT2D eigenvalue weighted by molar-refractivity contribution is 5.47. The standard InChI is InChI=1S/C15H27N5/c1-4-16-14-6-5-7-15(17-14)20-12-10-19(11-13-20)9-8-18(2)3/h5-7H,4,8-13H2,1-3H3,(H,16,17). The Kier molecular flexibility index (Phi) is 5.61. The highest BCUT2D eigenvalue weighted by Gasteiger charge is 2.17. The topological polar surface area (TPSA) is 34.6 Å². The van der Waals surface area contributed by atoms with E-state index >= 15 is 0 Å². The molecule has 1 aliphatic heterocycles. The molecule has 1 aliphatic rings. The number of rotatable bonds is 6. The van der Waals surface area contributed by atoms with Gasteiger partial charge in [0, 0.05) is 45.8 Å². The molecule has 112 valence electrons. The molecule has 1 N–H and O–H groups in total. The van der Waals surface area contributed by atoms with Crippen LogP contribution in [0.2, 0.25) is 0 Å². The van der Waals surface area contributed by atoms with Gasteiger partial charge in [0.15, 0.2) is 0 Å². The van der Waals surface area contributed by atoms with Gasteiger partial charge in [-0.1, -0.05) is 6.07 Å². The Hall–Kier alpha value is -1.33. The normalized spacial score (nSPS) is 16.7. The molecule has 1 fully saturated rings. The largest absolute Gasteiger partial charge is 0.370 e. The number of pyridine rings is 1. The van der Waals surface area contributed by atoms with Crippen LogP contribution in [-0.4, -0.2) is 74.7 Å². The first-order valence-corrected chi connectivity index (χ1v) is 7.52. The molecular formula is C15H27N5. The molecule has 2 heterocycles. The second-order valence-electron chi connectivity index (χ2n) is 5.54. The summed E-state index contributed by atoms with van der Waals surface area (Å²) in [6, 6.07) is 6.22. The van der Waals surface area contributed by atoms with Gasteiger partial charge < -0.3 is 15.1 Å². The van der Waals surface area contributed by atoms with Crippen LogP contribution in [0.3, 0.4) is 0 Å². The van der Waals surface area contributed by atoms with Crippen molar-refractivity contribution in [1.29, 1.82) is 0 Å². The molecule has 0 saturated carbocycles. The van der Waals surface area contributed by atoms with E-state index < -0.39 is 0 Å². The predicted octanol–water partition coefficient (Wildman–Crippen LogP) is 1.20. The van der Waals surface area contributed by atoms with Gasteiger partial charge in [-0.15, -0.1) is 0 Å². The highest BCUT2D eigenvalue weighted by atomic mass is 15.3. The van der Waals surface area contributed by atoms with Crippen LogP contribution >= 0.6 is 0 Å². The maximum absolute atomic E-state index is 4.67. The summed E-state index contributed by atoms with van der Waals surface area (Å²) in [5.74, 6) is 2.07. The summed E-state index contributed by atoms with van der Waals surface area (Å²) >= 11 is 0. The summed E-state index contributed by atoms with van der Waals surface area (Å²) in [6.07, 6.45) is 0. The van der Waals surface area contributed by atoms with E-state index in [1.807, 2.05) is 6.07 Å². The lowest BCUT2D eigenvalue weighted by molar-refractivity contribution is 0.229. The average molecular weight is 277 g/mol. The molecule has 0 amide bonds. The summed E-state index contributed by atoms with van der Waals surface area (Å²) in [5, 5.41) is 3.27.